The second-order valence-corrected chi connectivity index (χ2v) is 10.6. The quantitative estimate of drug-likeness (QED) is 0.357. The lowest BCUT2D eigenvalue weighted by molar-refractivity contribution is 0.0540. The SMILES string of the molecule is Cc1ccc(C(=O)N(Cc2ccc(-c3ccc(F)c(C)c3)cc2)C2CCN(CCC(C)C)CC2)nc1. The minimum Gasteiger partial charge on any atom is -0.330 e. The highest BCUT2D eigenvalue weighted by atomic mass is 19.1. The Morgan fingerprint density at radius 3 is 2.33 bits per heavy atom. The standard InChI is InChI=1S/C31H38FN3O/c1-22(2)13-16-34-17-14-28(15-18-34)35(31(36)30-12-5-23(3)20-33-30)21-25-6-8-26(9-7-25)27-10-11-29(32)24(4)19-27/h5-12,19-20,22,28H,13-18,21H2,1-4H3. The highest BCUT2D eigenvalue weighted by molar-refractivity contribution is 5.92. The van der Waals surface area contributed by atoms with Gasteiger partial charge in [-0.05, 0) is 91.6 Å². The molecule has 0 aliphatic carbocycles. The maximum absolute atomic E-state index is 13.7. The minimum atomic E-state index is -0.190. The highest BCUT2D eigenvalue weighted by Gasteiger charge is 2.29. The molecule has 3 aromatic rings. The summed E-state index contributed by atoms with van der Waals surface area (Å²) in [4.78, 5) is 22.6. The van der Waals surface area contributed by atoms with E-state index in [4.69, 9.17) is 0 Å². The van der Waals surface area contributed by atoms with Crippen molar-refractivity contribution in [2.75, 3.05) is 19.6 Å². The number of rotatable bonds is 8. The van der Waals surface area contributed by atoms with E-state index in [2.05, 4.69) is 48.0 Å². The molecule has 0 spiro atoms. The molecule has 0 atom stereocenters. The van der Waals surface area contributed by atoms with Crippen molar-refractivity contribution in [3.8, 4) is 11.1 Å². The van der Waals surface area contributed by atoms with Crippen LogP contribution in [0.2, 0.25) is 0 Å². The Morgan fingerprint density at radius 1 is 1.03 bits per heavy atom. The number of pyridine rings is 1. The van der Waals surface area contributed by atoms with Crippen LogP contribution < -0.4 is 0 Å². The Balaban J connectivity index is 1.51. The van der Waals surface area contributed by atoms with Crippen molar-refractivity contribution in [1.29, 1.82) is 0 Å². The Labute approximate surface area is 215 Å². The third kappa shape index (κ3) is 6.58. The molecule has 0 N–H and O–H groups in total. The third-order valence-corrected chi connectivity index (χ3v) is 7.21. The minimum absolute atomic E-state index is 0.00568. The van der Waals surface area contributed by atoms with Crippen molar-refractivity contribution < 1.29 is 9.18 Å². The summed E-state index contributed by atoms with van der Waals surface area (Å²) in [6.07, 6.45) is 4.92. The molecule has 0 saturated carbocycles. The molecule has 2 aromatic carbocycles. The molecule has 1 fully saturated rings. The maximum atomic E-state index is 13.7. The van der Waals surface area contributed by atoms with Crippen molar-refractivity contribution >= 4 is 5.91 Å². The summed E-state index contributed by atoms with van der Waals surface area (Å²) in [6.45, 7) is 12.0. The lowest BCUT2D eigenvalue weighted by Gasteiger charge is -2.38. The van der Waals surface area contributed by atoms with Crippen LogP contribution in [0.15, 0.2) is 60.8 Å². The fourth-order valence-corrected chi connectivity index (χ4v) is 4.83. The van der Waals surface area contributed by atoms with E-state index in [1.54, 1.807) is 13.1 Å². The van der Waals surface area contributed by atoms with Gasteiger partial charge in [-0.15, -0.1) is 0 Å². The first-order chi connectivity index (χ1) is 17.3. The Morgan fingerprint density at radius 2 is 1.72 bits per heavy atom. The zero-order valence-electron chi connectivity index (χ0n) is 22.0. The highest BCUT2D eigenvalue weighted by Crippen LogP contribution is 2.25. The topological polar surface area (TPSA) is 36.4 Å². The number of aryl methyl sites for hydroxylation is 2. The molecule has 1 amide bonds. The number of halogens is 1. The van der Waals surface area contributed by atoms with Gasteiger partial charge in [-0.1, -0.05) is 50.2 Å². The van der Waals surface area contributed by atoms with Crippen LogP contribution in [0.3, 0.4) is 0 Å². The van der Waals surface area contributed by atoms with Gasteiger partial charge in [-0.25, -0.2) is 4.39 Å². The van der Waals surface area contributed by atoms with Gasteiger partial charge in [-0.3, -0.25) is 9.78 Å². The lowest BCUT2D eigenvalue weighted by Crippen LogP contribution is -2.47. The molecule has 2 heterocycles. The van der Waals surface area contributed by atoms with Gasteiger partial charge in [0.1, 0.15) is 11.5 Å². The number of carbonyl (C=O) groups is 1. The summed E-state index contributed by atoms with van der Waals surface area (Å²) in [5, 5.41) is 0. The van der Waals surface area contributed by atoms with Gasteiger partial charge in [-0.2, -0.15) is 0 Å². The molecule has 1 saturated heterocycles. The van der Waals surface area contributed by atoms with Crippen molar-refractivity contribution in [2.24, 2.45) is 5.92 Å². The second-order valence-electron chi connectivity index (χ2n) is 10.6. The molecular weight excluding hydrogens is 449 g/mol. The van der Waals surface area contributed by atoms with Crippen LogP contribution >= 0.6 is 0 Å². The maximum Gasteiger partial charge on any atom is 0.272 e. The van der Waals surface area contributed by atoms with E-state index >= 15 is 0 Å². The Bertz CT molecular complexity index is 1150. The average Bonchev–Trinajstić information content (AvgIpc) is 2.88. The van der Waals surface area contributed by atoms with Crippen LogP contribution in [-0.4, -0.2) is 46.4 Å². The fourth-order valence-electron chi connectivity index (χ4n) is 4.83. The number of benzene rings is 2. The summed E-state index contributed by atoms with van der Waals surface area (Å²) in [7, 11) is 0. The van der Waals surface area contributed by atoms with E-state index in [1.807, 2.05) is 36.1 Å². The molecule has 4 nitrogen and oxygen atoms in total. The number of nitrogens with zero attached hydrogens (tertiary/aromatic N) is 3. The number of aromatic nitrogens is 1. The van der Waals surface area contributed by atoms with Gasteiger partial charge < -0.3 is 9.80 Å². The van der Waals surface area contributed by atoms with E-state index in [0.29, 0.717) is 23.7 Å². The first kappa shape index (κ1) is 26.0. The van der Waals surface area contributed by atoms with Gasteiger partial charge in [0, 0.05) is 31.9 Å². The van der Waals surface area contributed by atoms with Gasteiger partial charge in [0.2, 0.25) is 0 Å². The summed E-state index contributed by atoms with van der Waals surface area (Å²) in [6, 6.07) is 17.4. The first-order valence-electron chi connectivity index (χ1n) is 13.1. The normalized spacial score (nSPS) is 14.8. The Kier molecular flexibility index (Phi) is 8.52. The monoisotopic (exact) mass is 487 g/mol. The average molecular weight is 488 g/mol. The number of likely N-dealkylation sites (tertiary alicyclic amines) is 1. The lowest BCUT2D eigenvalue weighted by atomic mass is 9.99. The first-order valence-corrected chi connectivity index (χ1v) is 13.1. The van der Waals surface area contributed by atoms with Gasteiger partial charge in [0.15, 0.2) is 0 Å². The number of carbonyl (C=O) groups excluding carboxylic acids is 1. The van der Waals surface area contributed by atoms with Crippen LogP contribution in [0.5, 0.6) is 0 Å². The van der Waals surface area contributed by atoms with Crippen molar-refractivity contribution in [2.45, 2.75) is 59.5 Å². The van der Waals surface area contributed by atoms with Gasteiger partial charge >= 0.3 is 0 Å². The zero-order valence-corrected chi connectivity index (χ0v) is 22.0. The summed E-state index contributed by atoms with van der Waals surface area (Å²) in [5.74, 6) is 0.508. The molecule has 1 aliphatic rings. The summed E-state index contributed by atoms with van der Waals surface area (Å²) < 4.78 is 13.7. The second kappa shape index (κ2) is 11.8. The number of hydrogen-bond acceptors (Lipinski definition) is 3. The predicted octanol–water partition coefficient (Wildman–Crippen LogP) is 6.66. The summed E-state index contributed by atoms with van der Waals surface area (Å²) >= 11 is 0. The molecule has 5 heteroatoms. The largest absolute Gasteiger partial charge is 0.330 e. The van der Waals surface area contributed by atoms with Crippen LogP contribution in [-0.2, 0) is 6.54 Å². The molecule has 36 heavy (non-hydrogen) atoms. The van der Waals surface area contributed by atoms with E-state index < -0.39 is 0 Å². The predicted molar refractivity (Wildman–Crippen MR) is 144 cm³/mol. The van der Waals surface area contributed by atoms with Crippen molar-refractivity contribution in [3.63, 3.8) is 0 Å². The van der Waals surface area contributed by atoms with E-state index in [1.165, 1.54) is 12.5 Å². The molecule has 1 aromatic heterocycles. The van der Waals surface area contributed by atoms with Crippen LogP contribution in [0.1, 0.15) is 60.3 Å². The molecule has 0 unspecified atom stereocenters. The molecule has 0 bridgehead atoms. The fraction of sp³-hybridized carbons (Fsp3) is 0.419. The van der Waals surface area contributed by atoms with E-state index in [-0.39, 0.29) is 17.8 Å². The van der Waals surface area contributed by atoms with Gasteiger partial charge in [0.25, 0.3) is 5.91 Å². The smallest absolute Gasteiger partial charge is 0.272 e. The van der Waals surface area contributed by atoms with Crippen molar-refractivity contribution in [3.05, 3.63) is 89.0 Å². The molecule has 4 rings (SSSR count). The van der Waals surface area contributed by atoms with Gasteiger partial charge in [0.05, 0.1) is 0 Å². The Hall–Kier alpha value is -3.05. The van der Waals surface area contributed by atoms with Crippen LogP contribution in [0.25, 0.3) is 11.1 Å². The molecule has 0 radical (unpaired) electrons. The number of hydrogen-bond donors (Lipinski definition) is 0. The number of piperidine rings is 1. The third-order valence-electron chi connectivity index (χ3n) is 7.21. The van der Waals surface area contributed by atoms with E-state index in [9.17, 15) is 9.18 Å². The van der Waals surface area contributed by atoms with Crippen LogP contribution in [0, 0.1) is 25.6 Å². The van der Waals surface area contributed by atoms with E-state index in [0.717, 1.165) is 54.7 Å². The summed E-state index contributed by atoms with van der Waals surface area (Å²) in [5.41, 5.74) is 5.30. The molecular formula is C31H38FN3O. The molecule has 1 aliphatic heterocycles. The number of amides is 1. The zero-order chi connectivity index (χ0) is 25.7. The molecule has 190 valence electrons. The van der Waals surface area contributed by atoms with Crippen LogP contribution in [0.4, 0.5) is 4.39 Å². The van der Waals surface area contributed by atoms with Crippen molar-refractivity contribution in [1.82, 2.24) is 14.8 Å².